The number of halogens is 4. The molecule has 0 saturated carbocycles. The van der Waals surface area contributed by atoms with E-state index in [4.69, 9.17) is 0 Å². The molecule has 0 spiro atoms. The molecule has 0 unspecified atom stereocenters. The molecule has 2 rings (SSSR count). The molecule has 1 aliphatic rings. The number of piperidine rings is 1. The summed E-state index contributed by atoms with van der Waals surface area (Å²) in [5.41, 5.74) is 1.67. The number of aliphatic hydroxyl groups is 1. The number of anilines is 1. The van der Waals surface area contributed by atoms with Crippen molar-refractivity contribution in [1.29, 1.82) is 0 Å². The van der Waals surface area contributed by atoms with Crippen LogP contribution in [0.1, 0.15) is 31.4 Å². The van der Waals surface area contributed by atoms with Crippen molar-refractivity contribution in [2.24, 2.45) is 5.92 Å². The highest BCUT2D eigenvalue weighted by Gasteiger charge is 2.41. The fourth-order valence-electron chi connectivity index (χ4n) is 2.49. The minimum atomic E-state index is -4.08. The number of hydrogen-bond acceptors (Lipinski definition) is 2. The molecule has 1 saturated heterocycles. The van der Waals surface area contributed by atoms with Crippen LogP contribution in [0.4, 0.5) is 18.9 Å². The summed E-state index contributed by atoms with van der Waals surface area (Å²) >= 11 is 3.43. The Hall–Kier alpha value is -0.750. The molecule has 0 radical (unpaired) electrons. The monoisotopic (exact) mass is 351 g/mol. The van der Waals surface area contributed by atoms with E-state index in [0.717, 1.165) is 15.7 Å². The third-order valence-corrected chi connectivity index (χ3v) is 4.39. The molecular formula is C14H17BrF3NO. The Balaban J connectivity index is 2.07. The first-order valence-electron chi connectivity index (χ1n) is 6.58. The highest BCUT2D eigenvalue weighted by atomic mass is 79.9. The second-order valence-corrected chi connectivity index (χ2v) is 6.04. The van der Waals surface area contributed by atoms with Crippen LogP contribution in [-0.2, 0) is 0 Å². The molecule has 1 aromatic rings. The molecular weight excluding hydrogens is 335 g/mol. The van der Waals surface area contributed by atoms with Crippen LogP contribution in [0, 0.1) is 5.92 Å². The molecule has 2 nitrogen and oxygen atoms in total. The minimum absolute atomic E-state index is 0.133. The molecule has 1 fully saturated rings. The summed E-state index contributed by atoms with van der Waals surface area (Å²) < 4.78 is 38.7. The topological polar surface area (TPSA) is 23.5 Å². The lowest BCUT2D eigenvalue weighted by Gasteiger charge is -2.35. The maximum atomic E-state index is 12.6. The molecule has 0 aliphatic carbocycles. The Bertz CT molecular complexity index is 468. The average Bonchev–Trinajstić information content (AvgIpc) is 2.37. The van der Waals surface area contributed by atoms with Crippen molar-refractivity contribution in [2.45, 2.75) is 32.0 Å². The Morgan fingerprint density at radius 1 is 1.30 bits per heavy atom. The molecule has 0 amide bonds. The number of rotatable bonds is 2. The van der Waals surface area contributed by atoms with E-state index in [1.54, 1.807) is 13.0 Å². The number of benzene rings is 1. The first-order valence-corrected chi connectivity index (χ1v) is 7.37. The Morgan fingerprint density at radius 2 is 1.90 bits per heavy atom. The first-order chi connectivity index (χ1) is 9.29. The number of aliphatic hydroxyl groups excluding tert-OH is 1. The summed E-state index contributed by atoms with van der Waals surface area (Å²) in [5.74, 6) is -1.19. The first kappa shape index (κ1) is 15.6. The zero-order chi connectivity index (χ0) is 14.9. The van der Waals surface area contributed by atoms with E-state index in [-0.39, 0.29) is 12.8 Å². The van der Waals surface area contributed by atoms with Crippen molar-refractivity contribution in [3.05, 3.63) is 28.2 Å². The fourth-order valence-corrected chi connectivity index (χ4v) is 3.13. The molecule has 1 aliphatic heterocycles. The van der Waals surface area contributed by atoms with Crippen molar-refractivity contribution >= 4 is 21.6 Å². The number of nitrogens with zero attached hydrogens (tertiary/aromatic N) is 1. The summed E-state index contributed by atoms with van der Waals surface area (Å²) in [6, 6.07) is 5.47. The van der Waals surface area contributed by atoms with E-state index in [1.807, 2.05) is 17.0 Å². The van der Waals surface area contributed by atoms with E-state index in [9.17, 15) is 18.3 Å². The van der Waals surface area contributed by atoms with Crippen LogP contribution in [0.2, 0.25) is 0 Å². The van der Waals surface area contributed by atoms with Gasteiger partial charge in [-0.1, -0.05) is 6.07 Å². The summed E-state index contributed by atoms with van der Waals surface area (Å²) in [5, 5.41) is 9.51. The van der Waals surface area contributed by atoms with Gasteiger partial charge in [0.25, 0.3) is 0 Å². The van der Waals surface area contributed by atoms with Gasteiger partial charge in [0.2, 0.25) is 0 Å². The van der Waals surface area contributed by atoms with Crippen LogP contribution in [0.5, 0.6) is 0 Å². The van der Waals surface area contributed by atoms with Crippen molar-refractivity contribution in [3.8, 4) is 0 Å². The second-order valence-electron chi connectivity index (χ2n) is 5.19. The Morgan fingerprint density at radius 3 is 2.35 bits per heavy atom. The maximum Gasteiger partial charge on any atom is 0.391 e. The average molecular weight is 352 g/mol. The summed E-state index contributed by atoms with van der Waals surface area (Å²) in [6.45, 7) is 2.48. The van der Waals surface area contributed by atoms with E-state index in [1.165, 1.54) is 0 Å². The molecule has 1 aromatic carbocycles. The van der Waals surface area contributed by atoms with Crippen LogP contribution in [0.3, 0.4) is 0 Å². The van der Waals surface area contributed by atoms with Crippen molar-refractivity contribution < 1.29 is 18.3 Å². The van der Waals surface area contributed by atoms with Gasteiger partial charge in [-0.05, 0) is 53.4 Å². The van der Waals surface area contributed by atoms with Crippen LogP contribution in [-0.4, -0.2) is 24.4 Å². The van der Waals surface area contributed by atoms with Crippen LogP contribution in [0.25, 0.3) is 0 Å². The molecule has 112 valence electrons. The third kappa shape index (κ3) is 3.47. The molecule has 1 atom stereocenters. The van der Waals surface area contributed by atoms with Gasteiger partial charge in [-0.3, -0.25) is 0 Å². The number of alkyl halides is 3. The lowest BCUT2D eigenvalue weighted by atomic mass is 9.96. The van der Waals surface area contributed by atoms with E-state index in [2.05, 4.69) is 15.9 Å². The smallest absolute Gasteiger partial charge is 0.389 e. The maximum absolute atomic E-state index is 12.6. The van der Waals surface area contributed by atoms with Gasteiger partial charge in [-0.15, -0.1) is 0 Å². The van der Waals surface area contributed by atoms with Gasteiger partial charge in [0.1, 0.15) is 0 Å². The lowest BCUT2D eigenvalue weighted by molar-refractivity contribution is -0.179. The van der Waals surface area contributed by atoms with Crippen LogP contribution >= 0.6 is 15.9 Å². The summed E-state index contributed by atoms with van der Waals surface area (Å²) in [6.07, 6.45) is -4.38. The Labute approximate surface area is 124 Å². The lowest BCUT2D eigenvalue weighted by Crippen LogP contribution is -2.39. The quantitative estimate of drug-likeness (QED) is 0.859. The molecule has 1 N–H and O–H groups in total. The van der Waals surface area contributed by atoms with Crippen LogP contribution in [0.15, 0.2) is 22.7 Å². The van der Waals surface area contributed by atoms with E-state index >= 15 is 0 Å². The molecule has 0 aromatic heterocycles. The SMILES string of the molecule is C[C@@H](O)c1ccc(N2CCC(C(F)(F)F)CC2)c(Br)c1. The third-order valence-electron chi connectivity index (χ3n) is 3.75. The standard InChI is InChI=1S/C14H17BrF3NO/c1-9(20)10-2-3-13(12(15)8-10)19-6-4-11(5-7-19)14(16,17)18/h2-3,8-9,11,20H,4-7H2,1H3/t9-/m1/s1. The van der Waals surface area contributed by atoms with Gasteiger partial charge in [0, 0.05) is 17.6 Å². The predicted molar refractivity (Wildman–Crippen MR) is 75.8 cm³/mol. The van der Waals surface area contributed by atoms with Crippen molar-refractivity contribution in [2.75, 3.05) is 18.0 Å². The van der Waals surface area contributed by atoms with Gasteiger partial charge in [-0.25, -0.2) is 0 Å². The molecule has 6 heteroatoms. The van der Waals surface area contributed by atoms with Crippen molar-refractivity contribution in [3.63, 3.8) is 0 Å². The van der Waals surface area contributed by atoms with Gasteiger partial charge in [0.15, 0.2) is 0 Å². The highest BCUT2D eigenvalue weighted by molar-refractivity contribution is 9.10. The predicted octanol–water partition coefficient (Wildman–Crippen LogP) is 4.28. The second kappa shape index (κ2) is 5.93. The zero-order valence-electron chi connectivity index (χ0n) is 11.1. The summed E-state index contributed by atoms with van der Waals surface area (Å²) in [4.78, 5) is 1.96. The van der Waals surface area contributed by atoms with Gasteiger partial charge >= 0.3 is 6.18 Å². The zero-order valence-corrected chi connectivity index (χ0v) is 12.7. The normalized spacial score (nSPS) is 19.2. The van der Waals surface area contributed by atoms with Gasteiger partial charge < -0.3 is 10.0 Å². The highest BCUT2D eigenvalue weighted by Crippen LogP contribution is 2.37. The Kier molecular flexibility index (Phi) is 4.64. The summed E-state index contributed by atoms with van der Waals surface area (Å²) in [7, 11) is 0. The van der Waals surface area contributed by atoms with Crippen LogP contribution < -0.4 is 4.90 Å². The van der Waals surface area contributed by atoms with Gasteiger partial charge in [-0.2, -0.15) is 13.2 Å². The van der Waals surface area contributed by atoms with E-state index < -0.39 is 18.2 Å². The number of hydrogen-bond donors (Lipinski definition) is 1. The minimum Gasteiger partial charge on any atom is -0.389 e. The molecule has 0 bridgehead atoms. The molecule has 20 heavy (non-hydrogen) atoms. The van der Waals surface area contributed by atoms with Crippen molar-refractivity contribution in [1.82, 2.24) is 0 Å². The van der Waals surface area contributed by atoms with Gasteiger partial charge in [0.05, 0.1) is 17.7 Å². The van der Waals surface area contributed by atoms with E-state index in [0.29, 0.717) is 13.1 Å². The molecule has 1 heterocycles. The largest absolute Gasteiger partial charge is 0.391 e. The fraction of sp³-hybridized carbons (Fsp3) is 0.571.